The van der Waals surface area contributed by atoms with Gasteiger partial charge in [0.2, 0.25) is 0 Å². The third kappa shape index (κ3) is 5.61. The molecule has 0 unspecified atom stereocenters. The summed E-state index contributed by atoms with van der Waals surface area (Å²) < 4.78 is 10.5. The Morgan fingerprint density at radius 2 is 1.33 bits per heavy atom. The number of carbonyl (C=O) groups excluding carboxylic acids is 3. The van der Waals surface area contributed by atoms with E-state index in [-0.39, 0.29) is 25.3 Å². The minimum atomic E-state index is -0.735. The molecule has 1 aliphatic heterocycles. The zero-order valence-electron chi connectivity index (χ0n) is 13.6. The van der Waals surface area contributed by atoms with E-state index in [4.69, 9.17) is 9.47 Å². The van der Waals surface area contributed by atoms with E-state index in [0.29, 0.717) is 0 Å². The lowest BCUT2D eigenvalue weighted by Gasteiger charge is -2.38. The van der Waals surface area contributed by atoms with E-state index < -0.39 is 23.4 Å². The molecule has 0 radical (unpaired) electrons. The number of amides is 2. The molecule has 0 N–H and O–H groups in total. The molecule has 0 bridgehead atoms. The molecule has 1 aliphatic rings. The van der Waals surface area contributed by atoms with Gasteiger partial charge in [-0.15, -0.1) is 0 Å². The van der Waals surface area contributed by atoms with Crippen molar-refractivity contribution in [3.05, 3.63) is 0 Å². The van der Waals surface area contributed by atoms with Crippen LogP contribution in [0.5, 0.6) is 0 Å². The van der Waals surface area contributed by atoms with Gasteiger partial charge in [-0.1, -0.05) is 0 Å². The van der Waals surface area contributed by atoms with Gasteiger partial charge in [0.1, 0.15) is 17.7 Å². The van der Waals surface area contributed by atoms with Gasteiger partial charge in [-0.25, -0.2) is 19.6 Å². The van der Waals surface area contributed by atoms with Gasteiger partial charge in [0.05, 0.1) is 6.54 Å². The number of nitrogens with zero attached hydrogens (tertiary/aromatic N) is 2. The molecule has 0 saturated carbocycles. The number of hydrazine groups is 1. The summed E-state index contributed by atoms with van der Waals surface area (Å²) in [5.74, 6) is -0.124. The quantitative estimate of drug-likeness (QED) is 0.686. The van der Waals surface area contributed by atoms with Crippen molar-refractivity contribution in [1.29, 1.82) is 0 Å². The fourth-order valence-electron chi connectivity index (χ4n) is 1.66. The van der Waals surface area contributed by atoms with E-state index in [1.807, 2.05) is 0 Å². The zero-order valence-corrected chi connectivity index (χ0v) is 13.6. The highest BCUT2D eigenvalue weighted by Crippen LogP contribution is 2.18. The first kappa shape index (κ1) is 17.3. The molecule has 120 valence electrons. The molecule has 0 spiro atoms. The van der Waals surface area contributed by atoms with Crippen LogP contribution in [0.25, 0.3) is 0 Å². The maximum absolute atomic E-state index is 12.1. The molecule has 0 aromatic rings. The highest BCUT2D eigenvalue weighted by molar-refractivity contribution is 5.87. The smallest absolute Gasteiger partial charge is 0.429 e. The SMILES string of the molecule is CC(C)(C)OC(=O)N1CCC(=O)CN1C(=O)OC(C)(C)C. The molecule has 1 saturated heterocycles. The van der Waals surface area contributed by atoms with Gasteiger partial charge in [0.25, 0.3) is 0 Å². The third-order valence-corrected chi connectivity index (χ3v) is 2.43. The molecule has 0 aromatic carbocycles. The number of ether oxygens (including phenoxy) is 2. The van der Waals surface area contributed by atoms with Gasteiger partial charge in [-0.05, 0) is 41.5 Å². The molecule has 0 atom stereocenters. The van der Waals surface area contributed by atoms with Gasteiger partial charge >= 0.3 is 12.2 Å². The van der Waals surface area contributed by atoms with Crippen LogP contribution >= 0.6 is 0 Å². The van der Waals surface area contributed by atoms with Crippen molar-refractivity contribution < 1.29 is 23.9 Å². The standard InChI is InChI=1S/C14H24N2O5/c1-13(2,3)20-11(18)15-8-7-10(17)9-16(15)12(19)21-14(4,5)6/h7-9H2,1-6H3. The van der Waals surface area contributed by atoms with Gasteiger partial charge in [0.15, 0.2) is 5.78 Å². The predicted molar refractivity (Wildman–Crippen MR) is 75.5 cm³/mol. The summed E-state index contributed by atoms with van der Waals surface area (Å²) >= 11 is 0. The van der Waals surface area contributed by atoms with Crippen molar-refractivity contribution in [1.82, 2.24) is 10.0 Å². The fraction of sp³-hybridized carbons (Fsp3) is 0.786. The lowest BCUT2D eigenvalue weighted by molar-refractivity contribution is -0.132. The van der Waals surface area contributed by atoms with E-state index in [9.17, 15) is 14.4 Å². The first-order chi connectivity index (χ1) is 9.39. The molecule has 1 heterocycles. The van der Waals surface area contributed by atoms with Gasteiger partial charge in [0, 0.05) is 6.42 Å². The Balaban J connectivity index is 2.86. The summed E-state index contributed by atoms with van der Waals surface area (Å²) in [6.45, 7) is 10.3. The van der Waals surface area contributed by atoms with Crippen LogP contribution in [0, 0.1) is 0 Å². The molecule has 7 heteroatoms. The van der Waals surface area contributed by atoms with Crippen molar-refractivity contribution in [2.45, 2.75) is 59.2 Å². The van der Waals surface area contributed by atoms with E-state index in [1.165, 1.54) is 0 Å². The fourth-order valence-corrected chi connectivity index (χ4v) is 1.66. The number of hydrogen-bond donors (Lipinski definition) is 0. The maximum atomic E-state index is 12.1. The Morgan fingerprint density at radius 1 is 0.905 bits per heavy atom. The van der Waals surface area contributed by atoms with Crippen LogP contribution in [0.2, 0.25) is 0 Å². The first-order valence-electron chi connectivity index (χ1n) is 6.92. The minimum Gasteiger partial charge on any atom is -0.442 e. The summed E-state index contributed by atoms with van der Waals surface area (Å²) in [6, 6.07) is 0. The number of rotatable bonds is 0. The average molecular weight is 300 g/mol. The Bertz CT molecular complexity index is 434. The maximum Gasteiger partial charge on any atom is 0.429 e. The van der Waals surface area contributed by atoms with Crippen LogP contribution in [0.3, 0.4) is 0 Å². The molecule has 1 rings (SSSR count). The molecular weight excluding hydrogens is 276 g/mol. The normalized spacial score (nSPS) is 16.8. The monoisotopic (exact) mass is 300 g/mol. The van der Waals surface area contributed by atoms with Crippen molar-refractivity contribution in [2.24, 2.45) is 0 Å². The Hall–Kier alpha value is -1.79. The molecule has 1 fully saturated rings. The minimum absolute atomic E-state index is 0.104. The highest BCUT2D eigenvalue weighted by atomic mass is 16.6. The number of carbonyl (C=O) groups is 3. The number of Topliss-reactive ketones (excluding diaryl/α,β-unsaturated/α-hetero) is 1. The summed E-state index contributed by atoms with van der Waals surface area (Å²) in [5.41, 5.74) is -1.39. The van der Waals surface area contributed by atoms with Crippen LogP contribution in [0.1, 0.15) is 48.0 Å². The average Bonchev–Trinajstić information content (AvgIpc) is 2.23. The molecule has 0 aromatic heterocycles. The Labute approximate surface area is 125 Å². The largest absolute Gasteiger partial charge is 0.442 e. The second-order valence-corrected chi connectivity index (χ2v) is 6.93. The lowest BCUT2D eigenvalue weighted by atomic mass is 10.2. The van der Waals surface area contributed by atoms with Gasteiger partial charge < -0.3 is 9.47 Å². The first-order valence-corrected chi connectivity index (χ1v) is 6.92. The van der Waals surface area contributed by atoms with Crippen molar-refractivity contribution >= 4 is 18.0 Å². The van der Waals surface area contributed by atoms with Crippen LogP contribution in [0.15, 0.2) is 0 Å². The van der Waals surface area contributed by atoms with Gasteiger partial charge in [-0.2, -0.15) is 0 Å². The lowest BCUT2D eigenvalue weighted by Crippen LogP contribution is -2.57. The molecule has 2 amide bonds. The Morgan fingerprint density at radius 3 is 1.76 bits per heavy atom. The van der Waals surface area contributed by atoms with E-state index in [0.717, 1.165) is 10.0 Å². The molecule has 7 nitrogen and oxygen atoms in total. The van der Waals surface area contributed by atoms with Crippen molar-refractivity contribution in [3.63, 3.8) is 0 Å². The van der Waals surface area contributed by atoms with Crippen LogP contribution in [-0.4, -0.2) is 52.3 Å². The molecular formula is C14H24N2O5. The van der Waals surface area contributed by atoms with Crippen LogP contribution in [-0.2, 0) is 14.3 Å². The second kappa shape index (κ2) is 5.91. The topological polar surface area (TPSA) is 76.2 Å². The van der Waals surface area contributed by atoms with E-state index >= 15 is 0 Å². The second-order valence-electron chi connectivity index (χ2n) is 6.93. The van der Waals surface area contributed by atoms with Crippen LogP contribution in [0.4, 0.5) is 9.59 Å². The number of ketones is 1. The van der Waals surface area contributed by atoms with E-state index in [2.05, 4.69) is 0 Å². The van der Waals surface area contributed by atoms with Gasteiger partial charge in [-0.3, -0.25) is 4.79 Å². The summed E-state index contributed by atoms with van der Waals surface area (Å²) in [4.78, 5) is 35.9. The number of hydrogen-bond acceptors (Lipinski definition) is 5. The third-order valence-electron chi connectivity index (χ3n) is 2.43. The zero-order chi connectivity index (χ0) is 16.4. The van der Waals surface area contributed by atoms with E-state index in [1.54, 1.807) is 41.5 Å². The van der Waals surface area contributed by atoms with Crippen molar-refractivity contribution in [2.75, 3.05) is 13.1 Å². The summed E-state index contributed by atoms with van der Waals surface area (Å²) in [5, 5.41) is 2.13. The highest BCUT2D eigenvalue weighted by Gasteiger charge is 2.37. The predicted octanol–water partition coefficient (Wildman–Crippen LogP) is 2.35. The summed E-state index contributed by atoms with van der Waals surface area (Å²) in [7, 11) is 0. The van der Waals surface area contributed by atoms with Crippen molar-refractivity contribution in [3.8, 4) is 0 Å². The Kier molecular flexibility index (Phi) is 4.86. The summed E-state index contributed by atoms with van der Waals surface area (Å²) in [6.07, 6.45) is -1.21. The molecule has 0 aliphatic carbocycles. The molecule has 21 heavy (non-hydrogen) atoms. The van der Waals surface area contributed by atoms with Crippen LogP contribution < -0.4 is 0 Å².